The number of aromatic amines is 1. The van der Waals surface area contributed by atoms with Gasteiger partial charge in [-0.15, -0.1) is 0 Å². The summed E-state index contributed by atoms with van der Waals surface area (Å²) in [4.78, 5) is 38.1. The SMILES string of the molecule is COc1ccc(C(OC[C@H]2O[C@@H](n3cc(C)c(=O)[nH]c3=O)C[C@@H]2OP(=O)(O)OCCCCCCN)(c2ccccc2)c2ccc(OC)cc2)cc1. The summed E-state index contributed by atoms with van der Waals surface area (Å²) in [5.41, 5.74) is 5.76. The first-order valence-electron chi connectivity index (χ1n) is 16.9. The topological polar surface area (TPSA) is 174 Å². The number of ether oxygens (including phenoxy) is 4. The number of benzene rings is 3. The molecule has 4 atom stereocenters. The summed E-state index contributed by atoms with van der Waals surface area (Å²) in [6.07, 6.45) is 1.53. The highest BCUT2D eigenvalue weighted by Gasteiger charge is 2.45. The molecule has 1 aliphatic heterocycles. The fourth-order valence-corrected chi connectivity index (χ4v) is 7.18. The molecule has 1 saturated heterocycles. The molecule has 0 bridgehead atoms. The van der Waals surface area contributed by atoms with Crippen LogP contribution >= 0.6 is 7.82 Å². The van der Waals surface area contributed by atoms with Crippen LogP contribution in [0.25, 0.3) is 0 Å². The van der Waals surface area contributed by atoms with E-state index >= 15 is 0 Å². The molecule has 1 unspecified atom stereocenters. The average Bonchev–Trinajstić information content (AvgIpc) is 3.53. The van der Waals surface area contributed by atoms with Crippen molar-refractivity contribution in [1.29, 1.82) is 0 Å². The molecule has 5 rings (SSSR count). The summed E-state index contributed by atoms with van der Waals surface area (Å²) >= 11 is 0. The molecule has 2 heterocycles. The Hall–Kier alpha value is -4.07. The molecule has 274 valence electrons. The number of aryl methyl sites for hydroxylation is 1. The number of H-pyrrole nitrogens is 1. The number of nitrogens with two attached hydrogens (primary N) is 1. The number of nitrogens with one attached hydrogen (secondary N) is 1. The number of methoxy groups -OCH3 is 2. The van der Waals surface area contributed by atoms with Gasteiger partial charge in [-0.2, -0.15) is 0 Å². The van der Waals surface area contributed by atoms with Gasteiger partial charge in [-0.25, -0.2) is 9.36 Å². The van der Waals surface area contributed by atoms with Gasteiger partial charge >= 0.3 is 13.5 Å². The van der Waals surface area contributed by atoms with Crippen molar-refractivity contribution in [2.75, 3.05) is 34.0 Å². The molecule has 1 fully saturated rings. The third-order valence-electron chi connectivity index (χ3n) is 8.90. The highest BCUT2D eigenvalue weighted by Crippen LogP contribution is 2.49. The van der Waals surface area contributed by atoms with Crippen LogP contribution in [0.2, 0.25) is 0 Å². The Kier molecular flexibility index (Phi) is 13.0. The first-order chi connectivity index (χ1) is 24.6. The van der Waals surface area contributed by atoms with E-state index in [2.05, 4.69) is 4.98 Å². The van der Waals surface area contributed by atoms with Crippen molar-refractivity contribution in [1.82, 2.24) is 9.55 Å². The summed E-state index contributed by atoms with van der Waals surface area (Å²) in [6, 6.07) is 24.6. The predicted octanol–water partition coefficient (Wildman–Crippen LogP) is 5.18. The Morgan fingerprint density at radius 1 is 0.902 bits per heavy atom. The second-order valence-corrected chi connectivity index (χ2v) is 13.7. The zero-order valence-electron chi connectivity index (χ0n) is 29.1. The highest BCUT2D eigenvalue weighted by molar-refractivity contribution is 7.47. The van der Waals surface area contributed by atoms with Crippen LogP contribution in [0.1, 0.15) is 60.6 Å². The molecule has 1 aliphatic rings. The van der Waals surface area contributed by atoms with Crippen LogP contribution in [-0.4, -0.2) is 60.6 Å². The molecule has 0 spiro atoms. The van der Waals surface area contributed by atoms with Gasteiger partial charge in [0.25, 0.3) is 5.56 Å². The van der Waals surface area contributed by atoms with E-state index in [0.29, 0.717) is 30.0 Å². The van der Waals surface area contributed by atoms with Crippen LogP contribution in [0.5, 0.6) is 11.5 Å². The van der Waals surface area contributed by atoms with Gasteiger partial charge in [-0.05, 0) is 67.3 Å². The smallest absolute Gasteiger partial charge is 0.472 e. The van der Waals surface area contributed by atoms with Gasteiger partial charge in [-0.1, -0.05) is 67.4 Å². The molecule has 4 aromatic rings. The lowest BCUT2D eigenvalue weighted by molar-refractivity contribution is -0.0940. The fourth-order valence-electron chi connectivity index (χ4n) is 6.20. The lowest BCUT2D eigenvalue weighted by Gasteiger charge is -2.37. The average molecular weight is 724 g/mol. The lowest BCUT2D eigenvalue weighted by Crippen LogP contribution is -2.38. The van der Waals surface area contributed by atoms with Crippen molar-refractivity contribution in [2.24, 2.45) is 5.73 Å². The molecule has 0 amide bonds. The highest BCUT2D eigenvalue weighted by atomic mass is 31.2. The van der Waals surface area contributed by atoms with E-state index in [1.807, 2.05) is 78.9 Å². The van der Waals surface area contributed by atoms with Gasteiger partial charge in [0.05, 0.1) is 27.4 Å². The van der Waals surface area contributed by atoms with E-state index < -0.39 is 43.1 Å². The lowest BCUT2D eigenvalue weighted by atomic mass is 9.80. The van der Waals surface area contributed by atoms with Gasteiger partial charge < -0.3 is 29.6 Å². The van der Waals surface area contributed by atoms with Gasteiger partial charge in [0.15, 0.2) is 0 Å². The second-order valence-electron chi connectivity index (χ2n) is 12.3. The molecule has 0 aliphatic carbocycles. The van der Waals surface area contributed by atoms with E-state index in [-0.39, 0.29) is 19.6 Å². The van der Waals surface area contributed by atoms with Crippen LogP contribution in [0.3, 0.4) is 0 Å². The summed E-state index contributed by atoms with van der Waals surface area (Å²) in [5.74, 6) is 1.32. The quantitative estimate of drug-likeness (QED) is 0.0702. The number of aromatic nitrogens is 2. The third-order valence-corrected chi connectivity index (χ3v) is 9.94. The molecular formula is C37H46N3O10P. The summed E-state index contributed by atoms with van der Waals surface area (Å²) in [7, 11) is -1.39. The van der Waals surface area contributed by atoms with Gasteiger partial charge in [0, 0.05) is 18.2 Å². The molecule has 0 saturated carbocycles. The number of phosphoric ester groups is 1. The zero-order valence-corrected chi connectivity index (χ0v) is 30.0. The van der Waals surface area contributed by atoms with Crippen molar-refractivity contribution in [2.45, 2.75) is 63.1 Å². The number of hydrogen-bond donors (Lipinski definition) is 3. The molecule has 51 heavy (non-hydrogen) atoms. The molecule has 1 aromatic heterocycles. The van der Waals surface area contributed by atoms with Crippen molar-refractivity contribution < 1.29 is 37.5 Å². The molecule has 3 aromatic carbocycles. The van der Waals surface area contributed by atoms with Crippen LogP contribution in [0.15, 0.2) is 94.6 Å². The summed E-state index contributed by atoms with van der Waals surface area (Å²) < 4.78 is 49.9. The van der Waals surface area contributed by atoms with Crippen molar-refractivity contribution in [3.8, 4) is 11.5 Å². The Bertz CT molecular complexity index is 1820. The van der Waals surface area contributed by atoms with Crippen LogP contribution in [-0.2, 0) is 28.7 Å². The van der Waals surface area contributed by atoms with Gasteiger partial charge in [0.1, 0.15) is 35.5 Å². The monoisotopic (exact) mass is 723 g/mol. The van der Waals surface area contributed by atoms with Gasteiger partial charge in [-0.3, -0.25) is 23.4 Å². The van der Waals surface area contributed by atoms with E-state index in [9.17, 15) is 19.0 Å². The number of unbranched alkanes of at least 4 members (excludes halogenated alkanes) is 3. The third kappa shape index (κ3) is 9.24. The molecule has 13 nitrogen and oxygen atoms in total. The molecular weight excluding hydrogens is 677 g/mol. The second kappa shape index (κ2) is 17.4. The summed E-state index contributed by atoms with van der Waals surface area (Å²) in [5, 5.41) is 0. The standard InChI is InChI=1S/C37H46N3O10P/c1-26-24-40(36(42)39-35(26)41)34-23-32(50-51(43,44)48-22-10-5-4-9-21-38)33(49-34)25-47-37(27-11-7-6-8-12-27,28-13-17-30(45-2)18-14-28)29-15-19-31(46-3)20-16-29/h6-8,11-20,24,32-34H,4-5,9-10,21-23,25,38H2,1-3H3,(H,43,44)(H,39,41,42)/t32-,33+,34+/m0/s1. The van der Waals surface area contributed by atoms with E-state index in [4.69, 9.17) is 33.7 Å². The Balaban J connectivity index is 1.51. The van der Waals surface area contributed by atoms with E-state index in [1.165, 1.54) is 10.8 Å². The minimum Gasteiger partial charge on any atom is -0.497 e. The minimum absolute atomic E-state index is 0.00671. The first kappa shape index (κ1) is 38.2. The molecule has 0 radical (unpaired) electrons. The van der Waals surface area contributed by atoms with Crippen LogP contribution in [0.4, 0.5) is 0 Å². The number of rotatable bonds is 18. The van der Waals surface area contributed by atoms with Crippen molar-refractivity contribution >= 4 is 7.82 Å². The maximum Gasteiger partial charge on any atom is 0.472 e. The fraction of sp³-hybridized carbons (Fsp3) is 0.405. The van der Waals surface area contributed by atoms with Crippen LogP contribution in [0, 0.1) is 6.92 Å². The van der Waals surface area contributed by atoms with Crippen LogP contribution < -0.4 is 26.5 Å². The van der Waals surface area contributed by atoms with Crippen molar-refractivity contribution in [3.05, 3.63) is 128 Å². The minimum atomic E-state index is -4.57. The number of hydrogen-bond acceptors (Lipinski definition) is 10. The zero-order chi connectivity index (χ0) is 36.4. The largest absolute Gasteiger partial charge is 0.497 e. The first-order valence-corrected chi connectivity index (χ1v) is 18.4. The normalized spacial score (nSPS) is 18.7. The van der Waals surface area contributed by atoms with E-state index in [0.717, 1.165) is 36.0 Å². The maximum atomic E-state index is 13.3. The predicted molar refractivity (Wildman–Crippen MR) is 191 cm³/mol. The Labute approximate surface area is 296 Å². The molecule has 4 N–H and O–H groups in total. The van der Waals surface area contributed by atoms with Gasteiger partial charge in [0.2, 0.25) is 0 Å². The van der Waals surface area contributed by atoms with E-state index in [1.54, 1.807) is 21.1 Å². The summed E-state index contributed by atoms with van der Waals surface area (Å²) in [6.45, 7) is 2.01. The number of nitrogens with zero attached hydrogens (tertiary/aromatic N) is 1. The Morgan fingerprint density at radius 3 is 2.08 bits per heavy atom. The molecule has 14 heteroatoms. The maximum absolute atomic E-state index is 13.3. The Morgan fingerprint density at radius 2 is 1.49 bits per heavy atom. The number of phosphoric acid groups is 1. The van der Waals surface area contributed by atoms with Crippen molar-refractivity contribution in [3.63, 3.8) is 0 Å².